The van der Waals surface area contributed by atoms with Crippen LogP contribution in [-0.4, -0.2) is 66.8 Å². The number of hydrogen-bond acceptors (Lipinski definition) is 4. The number of aryl methyl sites for hydroxylation is 1. The molecule has 0 saturated carbocycles. The highest BCUT2D eigenvalue weighted by Crippen LogP contribution is 2.39. The number of likely N-dealkylation sites (tertiary alicyclic amines) is 2. The fourth-order valence-corrected chi connectivity index (χ4v) is 4.18. The predicted octanol–water partition coefficient (Wildman–Crippen LogP) is 1.99. The summed E-state index contributed by atoms with van der Waals surface area (Å²) in [5, 5.41) is 9.16. The van der Waals surface area contributed by atoms with Gasteiger partial charge in [0.2, 0.25) is 5.91 Å². The molecule has 1 atom stereocenters. The van der Waals surface area contributed by atoms with Crippen molar-refractivity contribution in [2.24, 2.45) is 5.41 Å². The maximum absolute atomic E-state index is 12.8. The van der Waals surface area contributed by atoms with Gasteiger partial charge in [-0.3, -0.25) is 9.69 Å². The topological polar surface area (TPSA) is 53.0 Å². The number of ether oxygens (including phenoxy) is 1. The quantitative estimate of drug-likeness (QED) is 0.856. The molecule has 2 heterocycles. The van der Waals surface area contributed by atoms with E-state index in [1.165, 1.54) is 11.1 Å². The third-order valence-corrected chi connectivity index (χ3v) is 5.85. The van der Waals surface area contributed by atoms with E-state index in [0.29, 0.717) is 13.2 Å². The van der Waals surface area contributed by atoms with Crippen molar-refractivity contribution in [2.45, 2.75) is 33.1 Å². The highest BCUT2D eigenvalue weighted by molar-refractivity contribution is 5.84. The lowest BCUT2D eigenvalue weighted by Crippen LogP contribution is -2.50. The van der Waals surface area contributed by atoms with Gasteiger partial charge < -0.3 is 14.7 Å². The van der Waals surface area contributed by atoms with E-state index in [9.17, 15) is 4.79 Å². The lowest BCUT2D eigenvalue weighted by Gasteiger charge is -2.39. The molecule has 0 bridgehead atoms. The molecule has 2 saturated heterocycles. The summed E-state index contributed by atoms with van der Waals surface area (Å²) in [6.45, 7) is 8.77. The first-order valence-corrected chi connectivity index (χ1v) is 9.37. The number of carbonyl (C=O) groups excluding carboxylic acids is 1. The van der Waals surface area contributed by atoms with E-state index in [2.05, 4.69) is 24.8 Å². The Bertz CT molecular complexity index is 617. The SMILES string of the molecule is Cc1cccc(OCCN2CC[C@@]3(CCCN(CCO)C3=O)C2)c1C. The Morgan fingerprint density at radius 3 is 2.84 bits per heavy atom. The fourth-order valence-electron chi connectivity index (χ4n) is 4.18. The van der Waals surface area contributed by atoms with Crippen molar-refractivity contribution in [2.75, 3.05) is 45.9 Å². The van der Waals surface area contributed by atoms with E-state index < -0.39 is 0 Å². The molecule has 0 aliphatic carbocycles. The summed E-state index contributed by atoms with van der Waals surface area (Å²) < 4.78 is 5.97. The number of hydrogen-bond donors (Lipinski definition) is 1. The van der Waals surface area contributed by atoms with Gasteiger partial charge in [0.25, 0.3) is 0 Å². The van der Waals surface area contributed by atoms with Crippen LogP contribution in [0.25, 0.3) is 0 Å². The largest absolute Gasteiger partial charge is 0.492 e. The monoisotopic (exact) mass is 346 g/mol. The van der Waals surface area contributed by atoms with Gasteiger partial charge >= 0.3 is 0 Å². The molecule has 5 nitrogen and oxygen atoms in total. The summed E-state index contributed by atoms with van der Waals surface area (Å²) in [5.41, 5.74) is 2.21. The molecule has 2 aliphatic heterocycles. The van der Waals surface area contributed by atoms with Crippen LogP contribution in [-0.2, 0) is 4.79 Å². The van der Waals surface area contributed by atoms with Crippen LogP contribution in [0.5, 0.6) is 5.75 Å². The van der Waals surface area contributed by atoms with Crippen molar-refractivity contribution in [1.29, 1.82) is 0 Å². The van der Waals surface area contributed by atoms with E-state index >= 15 is 0 Å². The molecule has 25 heavy (non-hydrogen) atoms. The molecule has 5 heteroatoms. The van der Waals surface area contributed by atoms with Crippen LogP contribution in [0.4, 0.5) is 0 Å². The van der Waals surface area contributed by atoms with Crippen molar-refractivity contribution in [3.05, 3.63) is 29.3 Å². The van der Waals surface area contributed by atoms with E-state index in [1.807, 2.05) is 17.0 Å². The van der Waals surface area contributed by atoms with Gasteiger partial charge in [0.15, 0.2) is 0 Å². The van der Waals surface area contributed by atoms with E-state index in [4.69, 9.17) is 9.84 Å². The Morgan fingerprint density at radius 1 is 1.20 bits per heavy atom. The van der Waals surface area contributed by atoms with Crippen LogP contribution in [0.2, 0.25) is 0 Å². The number of aliphatic hydroxyl groups is 1. The molecular weight excluding hydrogens is 316 g/mol. The van der Waals surface area contributed by atoms with Crippen LogP contribution in [0.1, 0.15) is 30.4 Å². The number of carbonyl (C=O) groups is 1. The first kappa shape index (κ1) is 18.2. The van der Waals surface area contributed by atoms with Gasteiger partial charge in [-0.15, -0.1) is 0 Å². The minimum Gasteiger partial charge on any atom is -0.492 e. The van der Waals surface area contributed by atoms with Gasteiger partial charge in [-0.1, -0.05) is 12.1 Å². The lowest BCUT2D eigenvalue weighted by molar-refractivity contribution is -0.146. The molecule has 1 amide bonds. The van der Waals surface area contributed by atoms with Crippen LogP contribution < -0.4 is 4.74 Å². The Morgan fingerprint density at radius 2 is 2.04 bits per heavy atom. The average Bonchev–Trinajstić information content (AvgIpc) is 3.00. The van der Waals surface area contributed by atoms with Gasteiger partial charge in [0.05, 0.1) is 12.0 Å². The average molecular weight is 346 g/mol. The maximum Gasteiger partial charge on any atom is 0.230 e. The highest BCUT2D eigenvalue weighted by Gasteiger charge is 2.47. The van der Waals surface area contributed by atoms with Crippen molar-refractivity contribution < 1.29 is 14.6 Å². The summed E-state index contributed by atoms with van der Waals surface area (Å²) in [4.78, 5) is 17.0. The summed E-state index contributed by atoms with van der Waals surface area (Å²) in [5.74, 6) is 1.20. The van der Waals surface area contributed by atoms with Crippen molar-refractivity contribution >= 4 is 5.91 Å². The molecule has 1 N–H and O–H groups in total. The standard InChI is InChI=1S/C20H30N2O3/c1-16-5-3-6-18(17(16)2)25-14-12-21-10-8-20(15-21)7-4-9-22(11-13-23)19(20)24/h3,5-6,23H,4,7-15H2,1-2H3/t20-/m0/s1. The molecule has 3 rings (SSSR count). The highest BCUT2D eigenvalue weighted by atomic mass is 16.5. The number of nitrogens with zero attached hydrogens (tertiary/aromatic N) is 2. The molecule has 2 aliphatic rings. The molecular formula is C20H30N2O3. The Balaban J connectivity index is 1.53. The van der Waals surface area contributed by atoms with Gasteiger partial charge in [-0.2, -0.15) is 0 Å². The third-order valence-electron chi connectivity index (χ3n) is 5.85. The number of rotatable bonds is 6. The van der Waals surface area contributed by atoms with Gasteiger partial charge in [0, 0.05) is 26.2 Å². The number of piperidine rings is 1. The zero-order valence-corrected chi connectivity index (χ0v) is 15.5. The van der Waals surface area contributed by atoms with Crippen LogP contribution in [0, 0.1) is 19.3 Å². The zero-order chi connectivity index (χ0) is 17.9. The second-order valence-electron chi connectivity index (χ2n) is 7.47. The predicted molar refractivity (Wildman–Crippen MR) is 97.8 cm³/mol. The van der Waals surface area contributed by atoms with Gasteiger partial charge in [-0.25, -0.2) is 0 Å². The van der Waals surface area contributed by atoms with Crippen LogP contribution in [0.3, 0.4) is 0 Å². The van der Waals surface area contributed by atoms with Gasteiger partial charge in [0.1, 0.15) is 12.4 Å². The molecule has 1 aromatic rings. The second kappa shape index (κ2) is 7.75. The molecule has 0 radical (unpaired) electrons. The second-order valence-corrected chi connectivity index (χ2v) is 7.47. The number of aliphatic hydroxyl groups excluding tert-OH is 1. The smallest absolute Gasteiger partial charge is 0.230 e. The number of benzene rings is 1. The first-order valence-electron chi connectivity index (χ1n) is 9.37. The van der Waals surface area contributed by atoms with Crippen molar-refractivity contribution in [3.8, 4) is 5.75 Å². The Kier molecular flexibility index (Phi) is 5.64. The molecule has 1 aromatic carbocycles. The first-order chi connectivity index (χ1) is 12.1. The molecule has 2 fully saturated rings. The minimum absolute atomic E-state index is 0.0508. The third kappa shape index (κ3) is 3.82. The Labute approximate surface area is 150 Å². The number of amides is 1. The van der Waals surface area contributed by atoms with Crippen LogP contribution >= 0.6 is 0 Å². The van der Waals surface area contributed by atoms with Crippen LogP contribution in [0.15, 0.2) is 18.2 Å². The molecule has 138 valence electrons. The van der Waals surface area contributed by atoms with E-state index in [-0.39, 0.29) is 17.9 Å². The summed E-state index contributed by atoms with van der Waals surface area (Å²) in [7, 11) is 0. The van der Waals surface area contributed by atoms with Crippen molar-refractivity contribution in [3.63, 3.8) is 0 Å². The van der Waals surface area contributed by atoms with E-state index in [1.54, 1.807) is 0 Å². The summed E-state index contributed by atoms with van der Waals surface area (Å²) >= 11 is 0. The molecule has 1 spiro atoms. The summed E-state index contributed by atoms with van der Waals surface area (Å²) in [6, 6.07) is 6.14. The molecule has 0 unspecified atom stereocenters. The molecule has 0 aromatic heterocycles. The summed E-state index contributed by atoms with van der Waals surface area (Å²) in [6.07, 6.45) is 2.94. The Hall–Kier alpha value is -1.59. The zero-order valence-electron chi connectivity index (χ0n) is 15.5. The fraction of sp³-hybridized carbons (Fsp3) is 0.650. The minimum atomic E-state index is -0.229. The lowest BCUT2D eigenvalue weighted by atomic mass is 9.78. The van der Waals surface area contributed by atoms with E-state index in [0.717, 1.165) is 51.2 Å². The van der Waals surface area contributed by atoms with Gasteiger partial charge in [-0.05, 0) is 56.8 Å². The van der Waals surface area contributed by atoms with Crippen molar-refractivity contribution in [1.82, 2.24) is 9.80 Å². The normalized spacial score (nSPS) is 24.3. The maximum atomic E-state index is 12.8. The number of β-amino-alcohol motifs (C(OH)–C–C–N with tert-alkyl or cyclic N) is 1.